The summed E-state index contributed by atoms with van der Waals surface area (Å²) < 4.78 is 15.4. The normalized spacial score (nSPS) is 15.0. The third-order valence-corrected chi connectivity index (χ3v) is 3.94. The number of rotatable bonds is 2. The molecular weight excluding hydrogens is 267 g/mol. The summed E-state index contributed by atoms with van der Waals surface area (Å²) in [6, 6.07) is 6.58. The second kappa shape index (κ2) is 4.84. The van der Waals surface area contributed by atoms with E-state index in [1.54, 1.807) is 18.5 Å². The first kappa shape index (κ1) is 12.3. The van der Waals surface area contributed by atoms with Crippen molar-refractivity contribution < 1.29 is 4.39 Å². The van der Waals surface area contributed by atoms with Gasteiger partial charge in [0.05, 0.1) is 11.9 Å². The average molecular weight is 282 g/mol. The molecule has 106 valence electrons. The van der Waals surface area contributed by atoms with Gasteiger partial charge >= 0.3 is 0 Å². The maximum Gasteiger partial charge on any atom is 0.180 e. The van der Waals surface area contributed by atoms with Gasteiger partial charge < -0.3 is 4.90 Å². The molecule has 2 aromatic heterocycles. The van der Waals surface area contributed by atoms with Gasteiger partial charge in [-0.1, -0.05) is 12.1 Å². The van der Waals surface area contributed by atoms with Crippen molar-refractivity contribution in [2.45, 2.75) is 12.8 Å². The molecule has 1 saturated heterocycles. The Morgan fingerprint density at radius 1 is 1.10 bits per heavy atom. The smallest absolute Gasteiger partial charge is 0.180 e. The van der Waals surface area contributed by atoms with Gasteiger partial charge in [0, 0.05) is 31.0 Å². The van der Waals surface area contributed by atoms with Gasteiger partial charge in [-0.15, -0.1) is 0 Å². The number of benzene rings is 1. The number of hydrogen-bond acceptors (Lipinski definition) is 3. The second-order valence-corrected chi connectivity index (χ2v) is 5.29. The summed E-state index contributed by atoms with van der Waals surface area (Å²) in [5.74, 6) is 0.675. The van der Waals surface area contributed by atoms with Crippen molar-refractivity contribution >= 4 is 11.5 Å². The third-order valence-electron chi connectivity index (χ3n) is 3.94. The minimum atomic E-state index is -0.240. The molecule has 3 heterocycles. The number of halogens is 1. The molecule has 4 rings (SSSR count). The molecule has 4 nitrogen and oxygen atoms in total. The van der Waals surface area contributed by atoms with E-state index in [4.69, 9.17) is 0 Å². The zero-order chi connectivity index (χ0) is 14.2. The van der Waals surface area contributed by atoms with Crippen LogP contribution in [0, 0.1) is 5.82 Å². The molecule has 0 atom stereocenters. The monoisotopic (exact) mass is 282 g/mol. The van der Waals surface area contributed by atoms with Gasteiger partial charge in [0.1, 0.15) is 5.82 Å². The highest BCUT2D eigenvalue weighted by Gasteiger charge is 2.18. The Morgan fingerprint density at radius 2 is 1.95 bits per heavy atom. The number of imidazole rings is 1. The Bertz CT molecular complexity index is 790. The Morgan fingerprint density at radius 3 is 2.76 bits per heavy atom. The lowest BCUT2D eigenvalue weighted by atomic mass is 10.1. The molecule has 0 unspecified atom stereocenters. The molecule has 5 heteroatoms. The molecule has 0 aliphatic carbocycles. The largest absolute Gasteiger partial charge is 0.354 e. The van der Waals surface area contributed by atoms with Crippen molar-refractivity contribution in [3.8, 4) is 11.3 Å². The van der Waals surface area contributed by atoms with Crippen LogP contribution in [-0.4, -0.2) is 27.5 Å². The van der Waals surface area contributed by atoms with E-state index in [9.17, 15) is 4.39 Å². The van der Waals surface area contributed by atoms with Crippen LogP contribution in [-0.2, 0) is 0 Å². The Kier molecular flexibility index (Phi) is 2.84. The SMILES string of the molecule is Fc1cccc(-c2cnc3c(N4CCCC4)nccn23)c1. The highest BCUT2D eigenvalue weighted by atomic mass is 19.1. The summed E-state index contributed by atoms with van der Waals surface area (Å²) in [7, 11) is 0. The van der Waals surface area contributed by atoms with Gasteiger partial charge in [0.2, 0.25) is 0 Å². The zero-order valence-corrected chi connectivity index (χ0v) is 11.5. The van der Waals surface area contributed by atoms with Crippen LogP contribution in [0.5, 0.6) is 0 Å². The van der Waals surface area contributed by atoms with Gasteiger partial charge in [-0.05, 0) is 25.0 Å². The molecule has 1 fully saturated rings. The van der Waals surface area contributed by atoms with E-state index in [-0.39, 0.29) is 5.82 Å². The van der Waals surface area contributed by atoms with E-state index in [0.29, 0.717) is 0 Å². The number of hydrogen-bond donors (Lipinski definition) is 0. The number of nitrogens with zero attached hydrogens (tertiary/aromatic N) is 4. The van der Waals surface area contributed by atoms with Crippen LogP contribution >= 0.6 is 0 Å². The fourth-order valence-electron chi connectivity index (χ4n) is 2.92. The molecule has 1 aliphatic rings. The van der Waals surface area contributed by atoms with Crippen molar-refractivity contribution in [1.29, 1.82) is 0 Å². The Balaban J connectivity index is 1.87. The minimum Gasteiger partial charge on any atom is -0.354 e. The van der Waals surface area contributed by atoms with E-state index in [0.717, 1.165) is 35.8 Å². The van der Waals surface area contributed by atoms with Crippen molar-refractivity contribution in [3.63, 3.8) is 0 Å². The Hall–Kier alpha value is -2.43. The van der Waals surface area contributed by atoms with E-state index in [1.807, 2.05) is 16.7 Å². The Labute approximate surface area is 121 Å². The van der Waals surface area contributed by atoms with Crippen molar-refractivity contribution in [1.82, 2.24) is 14.4 Å². The van der Waals surface area contributed by atoms with Gasteiger partial charge in [0.15, 0.2) is 11.5 Å². The summed E-state index contributed by atoms with van der Waals surface area (Å²) in [6.45, 7) is 2.05. The van der Waals surface area contributed by atoms with Crippen LogP contribution in [0.1, 0.15) is 12.8 Å². The van der Waals surface area contributed by atoms with Crippen LogP contribution in [0.2, 0.25) is 0 Å². The maximum atomic E-state index is 13.4. The number of fused-ring (bicyclic) bond motifs is 1. The predicted octanol–water partition coefficient (Wildman–Crippen LogP) is 3.14. The van der Waals surface area contributed by atoms with Crippen molar-refractivity contribution in [2.75, 3.05) is 18.0 Å². The topological polar surface area (TPSA) is 33.4 Å². The fourth-order valence-corrected chi connectivity index (χ4v) is 2.92. The van der Waals surface area contributed by atoms with Crippen LogP contribution in [0.4, 0.5) is 10.2 Å². The van der Waals surface area contributed by atoms with Crippen molar-refractivity contribution in [3.05, 3.63) is 48.7 Å². The lowest BCUT2D eigenvalue weighted by Gasteiger charge is -2.16. The quantitative estimate of drug-likeness (QED) is 0.724. The summed E-state index contributed by atoms with van der Waals surface area (Å²) >= 11 is 0. The zero-order valence-electron chi connectivity index (χ0n) is 11.5. The van der Waals surface area contributed by atoms with Crippen LogP contribution < -0.4 is 4.90 Å². The standard InChI is InChI=1S/C16H15FN4/c17-13-5-3-4-12(10-13)14-11-19-16-15(18-6-9-21(14)16)20-7-1-2-8-20/h3-6,9-11H,1-2,7-8H2. The lowest BCUT2D eigenvalue weighted by Crippen LogP contribution is -2.19. The summed E-state index contributed by atoms with van der Waals surface area (Å²) in [5.41, 5.74) is 2.53. The number of anilines is 1. The van der Waals surface area contributed by atoms with E-state index in [1.165, 1.54) is 25.0 Å². The van der Waals surface area contributed by atoms with Crippen LogP contribution in [0.15, 0.2) is 42.9 Å². The minimum absolute atomic E-state index is 0.240. The molecule has 3 aromatic rings. The van der Waals surface area contributed by atoms with E-state index in [2.05, 4.69) is 14.9 Å². The van der Waals surface area contributed by atoms with Crippen LogP contribution in [0.3, 0.4) is 0 Å². The molecule has 0 bridgehead atoms. The van der Waals surface area contributed by atoms with E-state index < -0.39 is 0 Å². The molecule has 0 spiro atoms. The van der Waals surface area contributed by atoms with Gasteiger partial charge in [0.25, 0.3) is 0 Å². The molecule has 0 amide bonds. The first-order valence-electron chi connectivity index (χ1n) is 7.16. The van der Waals surface area contributed by atoms with Gasteiger partial charge in [-0.2, -0.15) is 0 Å². The molecule has 0 N–H and O–H groups in total. The lowest BCUT2D eigenvalue weighted by molar-refractivity contribution is 0.628. The van der Waals surface area contributed by atoms with Crippen LogP contribution in [0.25, 0.3) is 16.9 Å². The van der Waals surface area contributed by atoms with Gasteiger partial charge in [-0.25, -0.2) is 14.4 Å². The van der Waals surface area contributed by atoms with Crippen molar-refractivity contribution in [2.24, 2.45) is 0 Å². The molecule has 1 aliphatic heterocycles. The summed E-state index contributed by atoms with van der Waals surface area (Å²) in [4.78, 5) is 11.2. The summed E-state index contributed by atoms with van der Waals surface area (Å²) in [6.07, 6.45) is 7.83. The maximum absolute atomic E-state index is 13.4. The highest BCUT2D eigenvalue weighted by Crippen LogP contribution is 2.27. The third kappa shape index (κ3) is 2.05. The van der Waals surface area contributed by atoms with Gasteiger partial charge in [-0.3, -0.25) is 4.40 Å². The average Bonchev–Trinajstić information content (AvgIpc) is 3.16. The molecule has 0 radical (unpaired) electrons. The highest BCUT2D eigenvalue weighted by molar-refractivity contribution is 5.71. The summed E-state index contributed by atoms with van der Waals surface area (Å²) in [5, 5.41) is 0. The first-order valence-corrected chi connectivity index (χ1v) is 7.16. The second-order valence-electron chi connectivity index (χ2n) is 5.29. The van der Waals surface area contributed by atoms with E-state index >= 15 is 0 Å². The molecule has 21 heavy (non-hydrogen) atoms. The first-order chi connectivity index (χ1) is 10.3. The molecule has 0 saturated carbocycles. The molecular formula is C16H15FN4. The fraction of sp³-hybridized carbons (Fsp3) is 0.250. The number of aromatic nitrogens is 3. The predicted molar refractivity (Wildman–Crippen MR) is 79.8 cm³/mol. The molecule has 1 aromatic carbocycles.